The third-order valence-electron chi connectivity index (χ3n) is 5.16. The van der Waals surface area contributed by atoms with E-state index in [9.17, 15) is 27.6 Å². The number of aromatic nitrogens is 3. The molecule has 2 aromatic heterocycles. The Labute approximate surface area is 187 Å². The number of alkyl halides is 3. The van der Waals surface area contributed by atoms with Crippen LogP contribution in [0.5, 0.6) is 0 Å². The van der Waals surface area contributed by atoms with Crippen molar-refractivity contribution in [2.24, 2.45) is 12.0 Å². The number of aliphatic imine (C=N–C) groups is 1. The van der Waals surface area contributed by atoms with Gasteiger partial charge in [-0.1, -0.05) is 0 Å². The summed E-state index contributed by atoms with van der Waals surface area (Å²) in [7, 11) is 5.56. The Kier molecular flexibility index (Phi) is 5.16. The van der Waals surface area contributed by atoms with Crippen molar-refractivity contribution < 1.29 is 22.7 Å². The second-order valence-electron chi connectivity index (χ2n) is 7.39. The topological polar surface area (TPSA) is 111 Å². The molecule has 3 aromatic rings. The van der Waals surface area contributed by atoms with Crippen LogP contribution >= 0.6 is 11.5 Å². The van der Waals surface area contributed by atoms with E-state index in [0.29, 0.717) is 25.3 Å². The van der Waals surface area contributed by atoms with Gasteiger partial charge in [-0.3, -0.25) is 19.5 Å². The molecule has 4 rings (SSSR count). The number of carbonyl (C=O) groups excluding carboxylic acids is 1. The maximum atomic E-state index is 13.2. The van der Waals surface area contributed by atoms with E-state index in [1.165, 1.54) is 19.2 Å². The number of methoxy groups -OCH3 is 1. The molecule has 0 fully saturated rings. The molecular formula is C19H17F3N6O4S. The highest BCUT2D eigenvalue weighted by Crippen LogP contribution is 2.37. The normalized spacial score (nSPS) is 18.5. The molecule has 174 valence electrons. The van der Waals surface area contributed by atoms with Gasteiger partial charge >= 0.3 is 11.9 Å². The number of nitrogens with one attached hydrogen (secondary N) is 1. The lowest BCUT2D eigenvalue weighted by Gasteiger charge is -2.19. The predicted octanol–water partition coefficient (Wildman–Crippen LogP) is 1.01. The molecule has 10 nitrogen and oxygen atoms in total. The molecule has 1 N–H and O–H groups in total. The summed E-state index contributed by atoms with van der Waals surface area (Å²) in [4.78, 5) is 43.9. The minimum atomic E-state index is -4.87. The lowest BCUT2D eigenvalue weighted by atomic mass is 10.1. The van der Waals surface area contributed by atoms with Crippen molar-refractivity contribution in [3.05, 3.63) is 56.5 Å². The molecule has 0 spiro atoms. The third-order valence-corrected chi connectivity index (χ3v) is 5.99. The van der Waals surface area contributed by atoms with Crippen LogP contribution in [0.15, 0.2) is 38.8 Å². The number of amides is 1. The van der Waals surface area contributed by atoms with Crippen molar-refractivity contribution >= 4 is 33.5 Å². The van der Waals surface area contributed by atoms with Gasteiger partial charge in [-0.15, -0.1) is 0 Å². The second kappa shape index (κ2) is 7.52. The molecular weight excluding hydrogens is 465 g/mol. The largest absolute Gasteiger partial charge is 0.431 e. The number of benzene rings is 1. The van der Waals surface area contributed by atoms with Gasteiger partial charge in [0.05, 0.1) is 10.4 Å². The minimum Gasteiger partial charge on any atom is -0.349 e. The Morgan fingerprint density at radius 3 is 2.45 bits per heavy atom. The Hall–Kier alpha value is -3.52. The van der Waals surface area contributed by atoms with Gasteiger partial charge in [0, 0.05) is 39.7 Å². The predicted molar refractivity (Wildman–Crippen MR) is 113 cm³/mol. The smallest absolute Gasteiger partial charge is 0.349 e. The second-order valence-corrected chi connectivity index (χ2v) is 8.19. The van der Waals surface area contributed by atoms with Crippen molar-refractivity contribution in [3.63, 3.8) is 0 Å². The summed E-state index contributed by atoms with van der Waals surface area (Å²) in [5, 5.41) is 2.96. The standard InChI is InChI=1S/C19H17F3N6O4S/c1-26(2)16-23-15(30)18(24-16,32-4)14-10-7-9(5-6-11(10)33-25-14)28-13(29)8-12(19(20,21)22)27(3)17(28)31/h5-8H,1-4H3,(H,23,24,30). The highest BCUT2D eigenvalue weighted by molar-refractivity contribution is 7.13. The highest BCUT2D eigenvalue weighted by Gasteiger charge is 2.49. The van der Waals surface area contributed by atoms with Crippen LogP contribution in [0, 0.1) is 0 Å². The van der Waals surface area contributed by atoms with Gasteiger partial charge in [0.2, 0.25) is 5.96 Å². The molecule has 0 bridgehead atoms. The first kappa shape index (κ1) is 22.7. The fourth-order valence-corrected chi connectivity index (χ4v) is 4.26. The average molecular weight is 482 g/mol. The van der Waals surface area contributed by atoms with E-state index < -0.39 is 34.8 Å². The van der Waals surface area contributed by atoms with E-state index >= 15 is 0 Å². The van der Waals surface area contributed by atoms with Crippen LogP contribution in [0.25, 0.3) is 15.8 Å². The number of halogens is 3. The summed E-state index contributed by atoms with van der Waals surface area (Å²) in [6.45, 7) is 0. The molecule has 0 aliphatic carbocycles. The van der Waals surface area contributed by atoms with E-state index in [4.69, 9.17) is 4.74 Å². The molecule has 33 heavy (non-hydrogen) atoms. The van der Waals surface area contributed by atoms with Crippen molar-refractivity contribution in [2.45, 2.75) is 11.9 Å². The molecule has 0 saturated heterocycles. The molecule has 14 heteroatoms. The minimum absolute atomic E-state index is 0.00439. The quantitative estimate of drug-likeness (QED) is 0.597. The van der Waals surface area contributed by atoms with Gasteiger partial charge in [-0.2, -0.15) is 17.5 Å². The van der Waals surface area contributed by atoms with Gasteiger partial charge < -0.3 is 9.64 Å². The average Bonchev–Trinajstić information content (AvgIpc) is 3.31. The van der Waals surface area contributed by atoms with E-state index in [2.05, 4.69) is 14.7 Å². The van der Waals surface area contributed by atoms with Crippen molar-refractivity contribution in [2.75, 3.05) is 21.2 Å². The van der Waals surface area contributed by atoms with E-state index in [0.717, 1.165) is 18.6 Å². The van der Waals surface area contributed by atoms with Crippen LogP contribution < -0.4 is 16.6 Å². The number of hydrogen-bond donors (Lipinski definition) is 1. The lowest BCUT2D eigenvalue weighted by molar-refractivity contribution is -0.144. The number of ether oxygens (including phenoxy) is 1. The summed E-state index contributed by atoms with van der Waals surface area (Å²) < 4.78 is 50.8. The summed E-state index contributed by atoms with van der Waals surface area (Å²) in [6, 6.07) is 4.69. The van der Waals surface area contributed by atoms with E-state index in [-0.39, 0.29) is 17.3 Å². The number of fused-ring (bicyclic) bond motifs is 1. The van der Waals surface area contributed by atoms with Crippen LogP contribution in [0.4, 0.5) is 13.2 Å². The molecule has 1 aliphatic heterocycles. The lowest BCUT2D eigenvalue weighted by Crippen LogP contribution is -2.41. The Morgan fingerprint density at radius 1 is 1.18 bits per heavy atom. The van der Waals surface area contributed by atoms with Crippen LogP contribution in [-0.4, -0.2) is 51.5 Å². The summed E-state index contributed by atoms with van der Waals surface area (Å²) in [5.41, 5.74) is -5.37. The molecule has 1 aliphatic rings. The van der Waals surface area contributed by atoms with Crippen LogP contribution in [0.3, 0.4) is 0 Å². The molecule has 1 aromatic carbocycles. The van der Waals surface area contributed by atoms with Gasteiger partial charge in [-0.25, -0.2) is 14.4 Å². The fourth-order valence-electron chi connectivity index (χ4n) is 3.47. The van der Waals surface area contributed by atoms with Gasteiger partial charge in [-0.05, 0) is 29.7 Å². The SMILES string of the molecule is COC1(c2nsc3ccc(-n4c(=O)cc(C(F)(F)F)n(C)c4=O)cc23)N=C(N(C)C)NC1=O. The summed E-state index contributed by atoms with van der Waals surface area (Å²) in [6.07, 6.45) is -4.87. The van der Waals surface area contributed by atoms with Crippen LogP contribution in [0.1, 0.15) is 11.4 Å². The summed E-state index contributed by atoms with van der Waals surface area (Å²) >= 11 is 1.04. The Morgan fingerprint density at radius 2 is 1.88 bits per heavy atom. The van der Waals surface area contributed by atoms with Gasteiger partial charge in [0.15, 0.2) is 0 Å². The first-order valence-electron chi connectivity index (χ1n) is 9.35. The molecule has 1 amide bonds. The number of nitrogens with zero attached hydrogens (tertiary/aromatic N) is 5. The molecule has 1 unspecified atom stereocenters. The Balaban J connectivity index is 1.95. The van der Waals surface area contributed by atoms with Crippen molar-refractivity contribution in [1.82, 2.24) is 23.7 Å². The monoisotopic (exact) mass is 482 g/mol. The van der Waals surface area contributed by atoms with E-state index in [1.807, 2.05) is 0 Å². The number of hydrogen-bond acceptors (Lipinski definition) is 8. The van der Waals surface area contributed by atoms with Crippen molar-refractivity contribution in [1.29, 1.82) is 0 Å². The maximum Gasteiger partial charge on any atom is 0.431 e. The molecule has 3 heterocycles. The third kappa shape index (κ3) is 3.41. The van der Waals surface area contributed by atoms with Gasteiger partial charge in [0.25, 0.3) is 17.2 Å². The molecule has 1 atom stereocenters. The number of guanidine groups is 1. The summed E-state index contributed by atoms with van der Waals surface area (Å²) in [5.74, 6) is -0.346. The van der Waals surface area contributed by atoms with Crippen LogP contribution in [-0.2, 0) is 28.5 Å². The first-order chi connectivity index (χ1) is 15.4. The zero-order valence-corrected chi connectivity index (χ0v) is 18.5. The molecule has 0 saturated carbocycles. The zero-order valence-electron chi connectivity index (χ0n) is 17.7. The fraction of sp³-hybridized carbons (Fsp3) is 0.316. The van der Waals surface area contributed by atoms with E-state index in [1.54, 1.807) is 25.1 Å². The molecule has 0 radical (unpaired) electrons. The number of rotatable bonds is 3. The maximum absolute atomic E-state index is 13.2. The Bertz CT molecular complexity index is 1440. The van der Waals surface area contributed by atoms with Gasteiger partial charge in [0.1, 0.15) is 11.4 Å². The van der Waals surface area contributed by atoms with Crippen molar-refractivity contribution in [3.8, 4) is 5.69 Å². The highest BCUT2D eigenvalue weighted by atomic mass is 32.1. The first-order valence-corrected chi connectivity index (χ1v) is 10.1. The number of carbonyl (C=O) groups is 1. The van der Waals surface area contributed by atoms with Crippen LogP contribution in [0.2, 0.25) is 0 Å². The zero-order chi connectivity index (χ0) is 24.3.